The number of aryl methyl sites for hydroxylation is 2. The third kappa shape index (κ3) is 4.95. The van der Waals surface area contributed by atoms with Gasteiger partial charge in [0.1, 0.15) is 0 Å². The molecule has 1 amide bonds. The van der Waals surface area contributed by atoms with Crippen molar-refractivity contribution in [2.24, 2.45) is 0 Å². The second-order valence-electron chi connectivity index (χ2n) is 8.75. The smallest absolute Gasteiger partial charge is 0.263 e. The number of rotatable bonds is 6. The molecule has 11 heteroatoms. The molecule has 2 fully saturated rings. The summed E-state index contributed by atoms with van der Waals surface area (Å²) in [4.78, 5) is 19.5. The van der Waals surface area contributed by atoms with E-state index in [2.05, 4.69) is 21.8 Å². The van der Waals surface area contributed by atoms with Crippen LogP contribution in [0.1, 0.15) is 29.8 Å². The Morgan fingerprint density at radius 3 is 2.29 bits per heavy atom. The van der Waals surface area contributed by atoms with Gasteiger partial charge in [0.05, 0.1) is 5.56 Å². The topological polar surface area (TPSA) is 82.0 Å². The molecule has 0 unspecified atom stereocenters. The van der Waals surface area contributed by atoms with E-state index in [1.807, 2.05) is 32.0 Å². The predicted octanol–water partition coefficient (Wildman–Crippen LogP) is 2.15. The van der Waals surface area contributed by atoms with Crippen LogP contribution in [0.4, 0.5) is 5.69 Å². The average molecular weight is 509 g/mol. The average Bonchev–Trinajstić information content (AvgIpc) is 3.31. The molecule has 0 N–H and O–H groups in total. The highest BCUT2D eigenvalue weighted by atomic mass is 35.5. The third-order valence-electron chi connectivity index (χ3n) is 6.72. The lowest BCUT2D eigenvalue weighted by molar-refractivity contribution is 0.0639. The fourth-order valence-electron chi connectivity index (χ4n) is 4.56. The molecule has 0 bridgehead atoms. The highest BCUT2D eigenvalue weighted by Gasteiger charge is 2.36. The van der Waals surface area contributed by atoms with E-state index >= 15 is 0 Å². The molecule has 0 saturated carbocycles. The number of anilines is 1. The number of sulfonamides is 1. The Kier molecular flexibility index (Phi) is 7.51. The first-order valence-corrected chi connectivity index (χ1v) is 13.7. The monoisotopic (exact) mass is 508 g/mol. The molecule has 9 nitrogen and oxygen atoms in total. The summed E-state index contributed by atoms with van der Waals surface area (Å²) in [5.41, 5.74) is 2.28. The maximum absolute atomic E-state index is 13.6. The van der Waals surface area contributed by atoms with Gasteiger partial charge in [-0.25, -0.2) is 8.42 Å². The molecule has 2 aliphatic heterocycles. The number of likely N-dealkylation sites (N-methyl/N-ethyl adjacent to an activating group) is 1. The van der Waals surface area contributed by atoms with Gasteiger partial charge in [-0.15, -0.1) is 0 Å². The molecule has 3 heterocycles. The van der Waals surface area contributed by atoms with E-state index in [9.17, 15) is 13.2 Å². The van der Waals surface area contributed by atoms with Crippen LogP contribution >= 0.6 is 11.6 Å². The van der Waals surface area contributed by atoms with Crippen LogP contribution in [0, 0.1) is 6.92 Å². The van der Waals surface area contributed by atoms with Crippen LogP contribution in [0.15, 0.2) is 29.4 Å². The number of carbonyl (C=O) groups excluding carboxylic acids is 1. The number of nitrogens with zero attached hydrogens (tertiary/aromatic N) is 6. The number of halogens is 1. The highest BCUT2D eigenvalue weighted by molar-refractivity contribution is 7.89. The minimum Gasteiger partial charge on any atom is -0.369 e. The molecule has 2 aliphatic rings. The molecule has 0 radical (unpaired) electrons. The Labute approximate surface area is 206 Å². The molecule has 1 aromatic carbocycles. The van der Waals surface area contributed by atoms with E-state index in [4.69, 9.17) is 11.6 Å². The fraction of sp³-hybridized carbons (Fsp3) is 0.565. The number of piperazine rings is 2. The molecule has 186 valence electrons. The summed E-state index contributed by atoms with van der Waals surface area (Å²) in [7, 11) is -3.91. The SMILES string of the molecule is CCN1CCN(C(=O)c2cn(CC)nc2S(=O)(=O)N2CCN(c3cc(Cl)ccc3C)CC2)CC1. The van der Waals surface area contributed by atoms with Crippen molar-refractivity contribution < 1.29 is 13.2 Å². The number of amides is 1. The maximum atomic E-state index is 13.6. The molecular formula is C23H33ClN6O3S. The van der Waals surface area contributed by atoms with Gasteiger partial charge in [-0.05, 0) is 38.1 Å². The number of carbonyl (C=O) groups is 1. The highest BCUT2D eigenvalue weighted by Crippen LogP contribution is 2.27. The normalized spacial score (nSPS) is 18.5. The Balaban J connectivity index is 1.53. The van der Waals surface area contributed by atoms with Gasteiger partial charge in [0.2, 0.25) is 5.03 Å². The Bertz CT molecular complexity index is 1140. The van der Waals surface area contributed by atoms with E-state index in [1.165, 1.54) is 8.99 Å². The van der Waals surface area contributed by atoms with Crippen LogP contribution in [0.5, 0.6) is 0 Å². The summed E-state index contributed by atoms with van der Waals surface area (Å²) in [6, 6.07) is 5.74. The van der Waals surface area contributed by atoms with Crippen LogP contribution in [0.25, 0.3) is 0 Å². The first-order valence-electron chi connectivity index (χ1n) is 11.8. The summed E-state index contributed by atoms with van der Waals surface area (Å²) >= 11 is 6.18. The van der Waals surface area contributed by atoms with Crippen LogP contribution < -0.4 is 4.90 Å². The third-order valence-corrected chi connectivity index (χ3v) is 8.79. The Morgan fingerprint density at radius 2 is 1.68 bits per heavy atom. The predicted molar refractivity (Wildman–Crippen MR) is 133 cm³/mol. The van der Waals surface area contributed by atoms with Crippen LogP contribution in [-0.2, 0) is 16.6 Å². The van der Waals surface area contributed by atoms with Crippen LogP contribution in [-0.4, -0.2) is 97.1 Å². The summed E-state index contributed by atoms with van der Waals surface area (Å²) < 4.78 is 30.2. The molecule has 2 saturated heterocycles. The number of aromatic nitrogens is 2. The van der Waals surface area contributed by atoms with Gasteiger partial charge >= 0.3 is 0 Å². The minimum atomic E-state index is -3.91. The molecule has 0 aliphatic carbocycles. The van der Waals surface area contributed by atoms with E-state index < -0.39 is 10.0 Å². The van der Waals surface area contributed by atoms with Crippen molar-refractivity contribution in [3.63, 3.8) is 0 Å². The van der Waals surface area contributed by atoms with Crippen molar-refractivity contribution in [3.8, 4) is 0 Å². The van der Waals surface area contributed by atoms with E-state index in [0.717, 1.165) is 30.9 Å². The van der Waals surface area contributed by atoms with Crippen molar-refractivity contribution in [1.29, 1.82) is 0 Å². The molecule has 34 heavy (non-hydrogen) atoms. The second kappa shape index (κ2) is 10.2. The van der Waals surface area contributed by atoms with Crippen LogP contribution in [0.2, 0.25) is 5.02 Å². The van der Waals surface area contributed by atoms with Crippen molar-refractivity contribution in [2.75, 3.05) is 63.8 Å². The van der Waals surface area contributed by atoms with Gasteiger partial charge < -0.3 is 14.7 Å². The van der Waals surface area contributed by atoms with E-state index in [-0.39, 0.29) is 16.5 Å². The molecule has 0 spiro atoms. The zero-order chi connectivity index (χ0) is 24.5. The van der Waals surface area contributed by atoms with E-state index in [1.54, 1.807) is 11.1 Å². The van der Waals surface area contributed by atoms with Crippen molar-refractivity contribution in [2.45, 2.75) is 32.3 Å². The molecule has 0 atom stereocenters. The van der Waals surface area contributed by atoms with E-state index in [0.29, 0.717) is 50.8 Å². The molecule has 2 aromatic rings. The van der Waals surface area contributed by atoms with Crippen molar-refractivity contribution in [3.05, 3.63) is 40.5 Å². The van der Waals surface area contributed by atoms with Gasteiger partial charge in [0.15, 0.2) is 0 Å². The second-order valence-corrected chi connectivity index (χ2v) is 11.0. The van der Waals surface area contributed by atoms with Crippen LogP contribution in [0.3, 0.4) is 0 Å². The number of hydrogen-bond acceptors (Lipinski definition) is 6. The zero-order valence-electron chi connectivity index (χ0n) is 20.1. The lowest BCUT2D eigenvalue weighted by Crippen LogP contribution is -2.50. The fourth-order valence-corrected chi connectivity index (χ4v) is 6.24. The summed E-state index contributed by atoms with van der Waals surface area (Å²) in [6.45, 7) is 11.9. The summed E-state index contributed by atoms with van der Waals surface area (Å²) in [6.07, 6.45) is 1.58. The molecule has 4 rings (SSSR count). The van der Waals surface area contributed by atoms with Gasteiger partial charge in [0.25, 0.3) is 15.9 Å². The van der Waals surface area contributed by atoms with Gasteiger partial charge in [-0.1, -0.05) is 24.6 Å². The molecule has 1 aromatic heterocycles. The van der Waals surface area contributed by atoms with Gasteiger partial charge in [-0.2, -0.15) is 9.40 Å². The van der Waals surface area contributed by atoms with Crippen molar-refractivity contribution >= 4 is 33.2 Å². The molecular weight excluding hydrogens is 476 g/mol. The maximum Gasteiger partial charge on any atom is 0.263 e. The largest absolute Gasteiger partial charge is 0.369 e. The Morgan fingerprint density at radius 1 is 1.00 bits per heavy atom. The van der Waals surface area contributed by atoms with Gasteiger partial charge in [-0.3, -0.25) is 9.48 Å². The minimum absolute atomic E-state index is 0.135. The quantitative estimate of drug-likeness (QED) is 0.594. The first kappa shape index (κ1) is 25.0. The standard InChI is InChI=1S/C23H33ClN6O3S/c1-4-26-8-10-28(11-9-26)23(31)20-17-29(5-2)25-22(20)34(32,33)30-14-12-27(13-15-30)21-16-19(24)7-6-18(21)3/h6-7,16-17H,4-5,8-15H2,1-3H3. The number of hydrogen-bond donors (Lipinski definition) is 0. The number of benzene rings is 1. The first-order chi connectivity index (χ1) is 16.2. The zero-order valence-corrected chi connectivity index (χ0v) is 21.6. The van der Waals surface area contributed by atoms with Crippen molar-refractivity contribution in [1.82, 2.24) is 23.9 Å². The lowest BCUT2D eigenvalue weighted by Gasteiger charge is -2.36. The Hall–Kier alpha value is -2.14. The van der Waals surface area contributed by atoms with Gasteiger partial charge in [0, 0.05) is 75.8 Å². The summed E-state index contributed by atoms with van der Waals surface area (Å²) in [5, 5.41) is 4.85. The summed E-state index contributed by atoms with van der Waals surface area (Å²) in [5.74, 6) is -0.262. The lowest BCUT2D eigenvalue weighted by atomic mass is 10.1.